The summed E-state index contributed by atoms with van der Waals surface area (Å²) in [6, 6.07) is 15.7. The first kappa shape index (κ1) is 28.1. The number of aryl methyl sites for hydroxylation is 2. The lowest BCUT2D eigenvalue weighted by molar-refractivity contribution is -0.132. The van der Waals surface area contributed by atoms with E-state index in [0.717, 1.165) is 22.3 Å². The van der Waals surface area contributed by atoms with Gasteiger partial charge in [0.05, 0.1) is 37.4 Å². The van der Waals surface area contributed by atoms with Crippen LogP contribution in [0, 0.1) is 13.8 Å². The predicted octanol–water partition coefficient (Wildman–Crippen LogP) is 5.03. The van der Waals surface area contributed by atoms with Gasteiger partial charge in [0.2, 0.25) is 5.91 Å². The van der Waals surface area contributed by atoms with Gasteiger partial charge in [-0.25, -0.2) is 0 Å². The lowest BCUT2D eigenvalue weighted by atomic mass is 9.87. The Balaban J connectivity index is 1.45. The first-order valence-corrected chi connectivity index (χ1v) is 14.3. The van der Waals surface area contributed by atoms with Crippen LogP contribution >= 0.6 is 0 Å². The van der Waals surface area contributed by atoms with Crippen LogP contribution in [0.1, 0.15) is 56.5 Å². The molecule has 4 aromatic rings. The summed E-state index contributed by atoms with van der Waals surface area (Å²) in [5, 5.41) is 17.2. The van der Waals surface area contributed by atoms with E-state index in [0.29, 0.717) is 67.0 Å². The molecule has 222 valence electrons. The number of rotatable bonds is 3. The molecular formula is C33H33N3O7. The molecule has 0 saturated heterocycles. The van der Waals surface area contributed by atoms with Crippen molar-refractivity contribution in [3.05, 3.63) is 93.9 Å². The van der Waals surface area contributed by atoms with Gasteiger partial charge in [-0.15, -0.1) is 0 Å². The second-order valence-electron chi connectivity index (χ2n) is 10.7. The van der Waals surface area contributed by atoms with Gasteiger partial charge >= 0.3 is 0 Å². The fraction of sp³-hybridized carbons (Fsp3) is 0.303. The Morgan fingerprint density at radius 1 is 1.14 bits per heavy atom. The van der Waals surface area contributed by atoms with Crippen molar-refractivity contribution in [2.75, 3.05) is 26.8 Å². The standard InChI is InChI=1S/C33H33N3O7/c1-19-25(20(2)43-35-19)18-31(38)36-12-10-21-15-30-29(40-3)17-26(21)32(36)22-6-4-7-23(14-22)41-13-5-11-34-33(39)27-16-24(42-30)8-9-28(27)37/h4,6-9,14-17,32,37H,5,10-13,18H2,1-3H3,(H,34,39). The van der Waals surface area contributed by atoms with Crippen LogP contribution in [0.3, 0.4) is 0 Å². The van der Waals surface area contributed by atoms with Gasteiger partial charge in [0.1, 0.15) is 23.0 Å². The zero-order valence-corrected chi connectivity index (χ0v) is 24.3. The number of hydrogen-bond acceptors (Lipinski definition) is 8. The SMILES string of the molecule is COc1cc2c3cc1Oc1ccc(O)c(c1)C(=O)NCCCOc1cccc(c1)C2N(C(=O)Cc1c(C)noc1C)CC3. The molecule has 43 heavy (non-hydrogen) atoms. The number of phenols is 1. The molecule has 10 heteroatoms. The largest absolute Gasteiger partial charge is 0.507 e. The van der Waals surface area contributed by atoms with Crippen molar-refractivity contribution in [3.8, 4) is 28.7 Å². The van der Waals surface area contributed by atoms with Crippen LogP contribution in [-0.2, 0) is 17.6 Å². The number of amides is 2. The zero-order chi connectivity index (χ0) is 30.1. The molecule has 1 aromatic heterocycles. The summed E-state index contributed by atoms with van der Waals surface area (Å²) >= 11 is 0. The molecule has 0 saturated carbocycles. The summed E-state index contributed by atoms with van der Waals surface area (Å²) < 4.78 is 23.4. The number of carbonyl (C=O) groups is 2. The Bertz CT molecular complexity index is 1680. The minimum atomic E-state index is -0.410. The van der Waals surface area contributed by atoms with Crippen LogP contribution in [0.5, 0.6) is 28.7 Å². The van der Waals surface area contributed by atoms with E-state index in [1.165, 1.54) is 12.1 Å². The van der Waals surface area contributed by atoms with Gasteiger partial charge in [0.15, 0.2) is 11.5 Å². The quantitative estimate of drug-likeness (QED) is 0.344. The van der Waals surface area contributed by atoms with Crippen molar-refractivity contribution in [2.45, 2.75) is 39.2 Å². The van der Waals surface area contributed by atoms with Gasteiger partial charge < -0.3 is 34.1 Å². The molecule has 3 aliphatic heterocycles. The predicted molar refractivity (Wildman–Crippen MR) is 157 cm³/mol. The molecule has 0 fully saturated rings. The number of phenolic OH excluding ortho intramolecular Hbond substituents is 1. The molecule has 0 spiro atoms. The Kier molecular flexibility index (Phi) is 7.67. The number of aromatic nitrogens is 1. The van der Waals surface area contributed by atoms with Crippen LogP contribution in [-0.4, -0.2) is 53.8 Å². The number of ether oxygens (including phenoxy) is 3. The Labute approximate surface area is 249 Å². The molecule has 2 amide bonds. The van der Waals surface area contributed by atoms with E-state index >= 15 is 0 Å². The fourth-order valence-corrected chi connectivity index (χ4v) is 5.72. The van der Waals surface area contributed by atoms with E-state index in [2.05, 4.69) is 10.5 Å². The smallest absolute Gasteiger partial charge is 0.255 e. The maximum absolute atomic E-state index is 13.9. The first-order valence-electron chi connectivity index (χ1n) is 14.3. The van der Waals surface area contributed by atoms with Crippen LogP contribution in [0.15, 0.2) is 59.1 Å². The number of carbonyl (C=O) groups excluding carboxylic acids is 2. The van der Waals surface area contributed by atoms with Crippen molar-refractivity contribution in [1.82, 2.24) is 15.4 Å². The third-order valence-electron chi connectivity index (χ3n) is 7.97. The molecule has 1 atom stereocenters. The van der Waals surface area contributed by atoms with E-state index in [4.69, 9.17) is 18.7 Å². The third kappa shape index (κ3) is 5.60. The molecule has 1 unspecified atom stereocenters. The van der Waals surface area contributed by atoms with Crippen LogP contribution < -0.4 is 19.5 Å². The van der Waals surface area contributed by atoms with E-state index in [-0.39, 0.29) is 23.6 Å². The summed E-state index contributed by atoms with van der Waals surface area (Å²) in [5.74, 6) is 2.02. The second kappa shape index (κ2) is 11.7. The molecule has 10 nitrogen and oxygen atoms in total. The fourth-order valence-electron chi connectivity index (χ4n) is 5.72. The van der Waals surface area contributed by atoms with Gasteiger partial charge in [-0.05, 0) is 85.8 Å². The molecule has 8 bridgehead atoms. The van der Waals surface area contributed by atoms with Crippen molar-refractivity contribution >= 4 is 11.8 Å². The minimum absolute atomic E-state index is 0.0369. The van der Waals surface area contributed by atoms with Gasteiger partial charge in [0.25, 0.3) is 5.91 Å². The van der Waals surface area contributed by atoms with Gasteiger partial charge in [-0.3, -0.25) is 9.59 Å². The summed E-state index contributed by atoms with van der Waals surface area (Å²) in [6.07, 6.45) is 1.33. The number of methoxy groups -OCH3 is 1. The molecular weight excluding hydrogens is 550 g/mol. The Morgan fingerprint density at radius 3 is 2.79 bits per heavy atom. The molecule has 7 rings (SSSR count). The highest BCUT2D eigenvalue weighted by atomic mass is 16.5. The van der Waals surface area contributed by atoms with Gasteiger partial charge in [0, 0.05) is 18.7 Å². The number of aromatic hydroxyl groups is 1. The summed E-state index contributed by atoms with van der Waals surface area (Å²) in [6.45, 7) is 4.87. The van der Waals surface area contributed by atoms with Crippen LogP contribution in [0.4, 0.5) is 0 Å². The van der Waals surface area contributed by atoms with Gasteiger partial charge in [-0.2, -0.15) is 0 Å². The number of nitrogens with zero attached hydrogens (tertiary/aromatic N) is 2. The molecule has 3 aliphatic rings. The topological polar surface area (TPSA) is 123 Å². The normalized spacial score (nSPS) is 16.4. The highest BCUT2D eigenvalue weighted by molar-refractivity contribution is 5.97. The zero-order valence-electron chi connectivity index (χ0n) is 24.3. The average molecular weight is 584 g/mol. The van der Waals surface area contributed by atoms with Crippen molar-refractivity contribution in [3.63, 3.8) is 0 Å². The average Bonchev–Trinajstić information content (AvgIpc) is 3.32. The summed E-state index contributed by atoms with van der Waals surface area (Å²) in [4.78, 5) is 28.6. The molecule has 3 aromatic carbocycles. The van der Waals surface area contributed by atoms with E-state index in [1.54, 1.807) is 13.2 Å². The lowest BCUT2D eigenvalue weighted by Gasteiger charge is -2.38. The van der Waals surface area contributed by atoms with E-state index < -0.39 is 11.9 Å². The number of hydrogen-bond donors (Lipinski definition) is 2. The number of nitrogens with one attached hydrogen (secondary N) is 1. The molecule has 4 heterocycles. The highest BCUT2D eigenvalue weighted by Crippen LogP contribution is 2.43. The number of benzene rings is 3. The molecule has 0 aliphatic carbocycles. The summed E-state index contributed by atoms with van der Waals surface area (Å²) in [7, 11) is 1.56. The Morgan fingerprint density at radius 2 is 2.00 bits per heavy atom. The highest BCUT2D eigenvalue weighted by Gasteiger charge is 2.34. The maximum Gasteiger partial charge on any atom is 0.255 e. The second-order valence-corrected chi connectivity index (χ2v) is 10.7. The van der Waals surface area contributed by atoms with E-state index in [9.17, 15) is 14.7 Å². The first-order chi connectivity index (χ1) is 20.8. The lowest BCUT2D eigenvalue weighted by Crippen LogP contribution is -2.41. The van der Waals surface area contributed by atoms with Crippen LogP contribution in [0.2, 0.25) is 0 Å². The van der Waals surface area contributed by atoms with Crippen LogP contribution in [0.25, 0.3) is 0 Å². The third-order valence-corrected chi connectivity index (χ3v) is 7.97. The molecule has 0 radical (unpaired) electrons. The molecule has 2 N–H and O–H groups in total. The monoisotopic (exact) mass is 583 g/mol. The van der Waals surface area contributed by atoms with Crippen molar-refractivity contribution in [2.24, 2.45) is 0 Å². The van der Waals surface area contributed by atoms with Crippen molar-refractivity contribution < 1.29 is 33.4 Å². The maximum atomic E-state index is 13.9. The van der Waals surface area contributed by atoms with E-state index in [1.807, 2.05) is 55.1 Å². The summed E-state index contributed by atoms with van der Waals surface area (Å²) in [5.41, 5.74) is 4.45. The number of fused-ring (bicyclic) bond motifs is 6. The van der Waals surface area contributed by atoms with Gasteiger partial charge in [-0.1, -0.05) is 17.3 Å². The van der Waals surface area contributed by atoms with Crippen molar-refractivity contribution in [1.29, 1.82) is 0 Å². The Hall–Kier alpha value is -4.99. The minimum Gasteiger partial charge on any atom is -0.507 e.